The second-order valence-corrected chi connectivity index (χ2v) is 8.11. The minimum atomic E-state index is -1.07. The highest BCUT2D eigenvalue weighted by Gasteiger charge is 2.46. The van der Waals surface area contributed by atoms with Gasteiger partial charge in [-0.15, -0.1) is 0 Å². The van der Waals surface area contributed by atoms with Crippen LogP contribution in [0.2, 0.25) is 0 Å². The molecule has 0 saturated carbocycles. The van der Waals surface area contributed by atoms with E-state index in [9.17, 15) is 23.2 Å². The van der Waals surface area contributed by atoms with Gasteiger partial charge in [-0.2, -0.15) is 0 Å². The highest BCUT2D eigenvalue weighted by Crippen LogP contribution is 2.28. The summed E-state index contributed by atoms with van der Waals surface area (Å²) in [5.41, 5.74) is 2.00. The number of hydrogen-bond donors (Lipinski definition) is 1. The van der Waals surface area contributed by atoms with Crippen LogP contribution in [0.25, 0.3) is 0 Å². The van der Waals surface area contributed by atoms with Crippen molar-refractivity contribution in [1.82, 2.24) is 4.90 Å². The van der Waals surface area contributed by atoms with E-state index in [-0.39, 0.29) is 25.1 Å². The summed E-state index contributed by atoms with van der Waals surface area (Å²) >= 11 is 0. The third-order valence-electron chi connectivity index (χ3n) is 5.68. The molecule has 3 aromatic carbocycles. The Morgan fingerprint density at radius 2 is 1.71 bits per heavy atom. The fourth-order valence-electron chi connectivity index (χ4n) is 3.91. The number of aryl methyl sites for hydroxylation is 1. The fraction of sp³-hybridized carbons (Fsp3) is 0.192. The number of carbonyl (C=O) groups excluding carboxylic acids is 3. The van der Waals surface area contributed by atoms with Gasteiger partial charge in [0.1, 0.15) is 17.7 Å². The molecule has 1 N–H and O–H groups in total. The number of amides is 4. The predicted molar refractivity (Wildman–Crippen MR) is 124 cm³/mol. The molecule has 1 fully saturated rings. The monoisotopic (exact) mass is 463 g/mol. The SMILES string of the molecule is Cc1ccc(N2C(=O)[C@@H](CC(=O)Nc3cccc(F)c3)N(CCc3ccccc3F)C2=O)cc1. The van der Waals surface area contributed by atoms with E-state index in [1.165, 1.54) is 29.2 Å². The van der Waals surface area contributed by atoms with Crippen molar-refractivity contribution >= 4 is 29.2 Å². The largest absolute Gasteiger partial charge is 0.332 e. The number of imide groups is 1. The zero-order valence-corrected chi connectivity index (χ0v) is 18.5. The van der Waals surface area contributed by atoms with Crippen molar-refractivity contribution in [1.29, 1.82) is 0 Å². The van der Waals surface area contributed by atoms with Crippen molar-refractivity contribution in [3.63, 3.8) is 0 Å². The van der Waals surface area contributed by atoms with E-state index in [2.05, 4.69) is 5.32 Å². The molecule has 0 aliphatic carbocycles. The number of benzene rings is 3. The number of urea groups is 1. The first-order valence-corrected chi connectivity index (χ1v) is 10.8. The van der Waals surface area contributed by atoms with Crippen LogP contribution in [0.1, 0.15) is 17.5 Å². The summed E-state index contributed by atoms with van der Waals surface area (Å²) in [6, 6.07) is 16.8. The van der Waals surface area contributed by atoms with Crippen LogP contribution in [-0.4, -0.2) is 35.3 Å². The second kappa shape index (κ2) is 9.82. The van der Waals surface area contributed by atoms with Crippen LogP contribution in [0, 0.1) is 18.6 Å². The average molecular weight is 463 g/mol. The van der Waals surface area contributed by atoms with Crippen molar-refractivity contribution in [3.05, 3.63) is 95.6 Å². The number of nitrogens with zero attached hydrogens (tertiary/aromatic N) is 2. The summed E-state index contributed by atoms with van der Waals surface area (Å²) in [5, 5.41) is 2.56. The predicted octanol–water partition coefficient (Wildman–Crippen LogP) is 4.68. The number of rotatable bonds is 7. The lowest BCUT2D eigenvalue weighted by Gasteiger charge is -2.21. The third kappa shape index (κ3) is 4.96. The van der Waals surface area contributed by atoms with Gasteiger partial charge in [0.25, 0.3) is 5.91 Å². The van der Waals surface area contributed by atoms with Crippen molar-refractivity contribution in [2.75, 3.05) is 16.8 Å². The first-order chi connectivity index (χ1) is 16.3. The molecule has 1 saturated heterocycles. The molecule has 1 aliphatic rings. The number of hydrogen-bond acceptors (Lipinski definition) is 3. The first-order valence-electron chi connectivity index (χ1n) is 10.8. The molecule has 34 heavy (non-hydrogen) atoms. The average Bonchev–Trinajstić information content (AvgIpc) is 3.03. The molecule has 1 atom stereocenters. The van der Waals surface area contributed by atoms with Gasteiger partial charge in [-0.25, -0.2) is 18.5 Å². The molecule has 8 heteroatoms. The molecule has 4 amide bonds. The molecule has 4 rings (SSSR count). The molecule has 6 nitrogen and oxygen atoms in total. The van der Waals surface area contributed by atoms with E-state index >= 15 is 0 Å². The van der Waals surface area contributed by atoms with E-state index in [0.29, 0.717) is 11.3 Å². The summed E-state index contributed by atoms with van der Waals surface area (Å²) in [4.78, 5) is 41.6. The molecule has 0 spiro atoms. The maximum absolute atomic E-state index is 14.1. The lowest BCUT2D eigenvalue weighted by Crippen LogP contribution is -2.39. The van der Waals surface area contributed by atoms with Gasteiger partial charge in [-0.1, -0.05) is 42.0 Å². The normalized spacial score (nSPS) is 15.7. The van der Waals surface area contributed by atoms with Crippen LogP contribution in [0.3, 0.4) is 0 Å². The van der Waals surface area contributed by atoms with Gasteiger partial charge in [-0.3, -0.25) is 9.59 Å². The summed E-state index contributed by atoms with van der Waals surface area (Å²) in [5.74, 6) is -2.01. The summed E-state index contributed by atoms with van der Waals surface area (Å²) in [6.45, 7) is 1.93. The summed E-state index contributed by atoms with van der Waals surface area (Å²) < 4.78 is 27.6. The minimum absolute atomic E-state index is 0.0474. The van der Waals surface area contributed by atoms with Crippen LogP contribution in [-0.2, 0) is 16.0 Å². The highest BCUT2D eigenvalue weighted by molar-refractivity contribution is 6.22. The summed E-state index contributed by atoms with van der Waals surface area (Å²) in [7, 11) is 0. The Morgan fingerprint density at radius 3 is 2.41 bits per heavy atom. The topological polar surface area (TPSA) is 69.7 Å². The third-order valence-corrected chi connectivity index (χ3v) is 5.68. The molecule has 1 aliphatic heterocycles. The molecule has 0 bridgehead atoms. The maximum Gasteiger partial charge on any atom is 0.332 e. The van der Waals surface area contributed by atoms with E-state index in [1.807, 2.05) is 6.92 Å². The Bertz CT molecular complexity index is 1230. The Kier molecular flexibility index (Phi) is 6.67. The van der Waals surface area contributed by atoms with Crippen LogP contribution in [0.5, 0.6) is 0 Å². The lowest BCUT2D eigenvalue weighted by atomic mass is 10.1. The van der Waals surface area contributed by atoms with Crippen molar-refractivity contribution < 1.29 is 23.2 Å². The zero-order valence-electron chi connectivity index (χ0n) is 18.5. The quantitative estimate of drug-likeness (QED) is 0.517. The van der Waals surface area contributed by atoms with Gasteiger partial charge in [0.15, 0.2) is 0 Å². The minimum Gasteiger partial charge on any atom is -0.326 e. The Balaban J connectivity index is 1.57. The van der Waals surface area contributed by atoms with Gasteiger partial charge in [-0.05, 0) is 55.3 Å². The number of carbonyl (C=O) groups is 3. The second-order valence-electron chi connectivity index (χ2n) is 8.11. The molecular weight excluding hydrogens is 440 g/mol. The fourth-order valence-corrected chi connectivity index (χ4v) is 3.91. The smallest absolute Gasteiger partial charge is 0.326 e. The Hall–Kier alpha value is -4.07. The molecular formula is C26H23F2N3O3. The Morgan fingerprint density at radius 1 is 0.971 bits per heavy atom. The standard InChI is InChI=1S/C26H23F2N3O3/c1-17-9-11-21(12-10-17)31-25(33)23(16-24(32)29-20-7-4-6-19(27)15-20)30(26(31)34)14-13-18-5-2-3-8-22(18)28/h2-12,15,23H,13-14,16H2,1H3,(H,29,32)/t23-/m1/s1. The van der Waals surface area contributed by atoms with Gasteiger partial charge < -0.3 is 10.2 Å². The van der Waals surface area contributed by atoms with E-state index < -0.39 is 35.5 Å². The van der Waals surface area contributed by atoms with Crippen molar-refractivity contribution in [2.45, 2.75) is 25.8 Å². The highest BCUT2D eigenvalue weighted by atomic mass is 19.1. The van der Waals surface area contributed by atoms with Crippen LogP contribution in [0.15, 0.2) is 72.8 Å². The number of nitrogens with one attached hydrogen (secondary N) is 1. The summed E-state index contributed by atoms with van der Waals surface area (Å²) in [6.07, 6.45) is -0.143. The van der Waals surface area contributed by atoms with Gasteiger partial charge in [0, 0.05) is 12.2 Å². The van der Waals surface area contributed by atoms with Gasteiger partial charge in [0.2, 0.25) is 5.91 Å². The van der Waals surface area contributed by atoms with Gasteiger partial charge >= 0.3 is 6.03 Å². The zero-order chi connectivity index (χ0) is 24.2. The molecule has 3 aromatic rings. The number of halogens is 2. The lowest BCUT2D eigenvalue weighted by molar-refractivity contribution is -0.124. The molecule has 174 valence electrons. The van der Waals surface area contributed by atoms with E-state index in [1.54, 1.807) is 42.5 Å². The van der Waals surface area contributed by atoms with Gasteiger partial charge in [0.05, 0.1) is 12.1 Å². The van der Waals surface area contributed by atoms with Crippen LogP contribution < -0.4 is 10.2 Å². The van der Waals surface area contributed by atoms with Crippen LogP contribution >= 0.6 is 0 Å². The van der Waals surface area contributed by atoms with Crippen molar-refractivity contribution in [2.24, 2.45) is 0 Å². The Labute approximate surface area is 195 Å². The van der Waals surface area contributed by atoms with Crippen LogP contribution in [0.4, 0.5) is 25.0 Å². The first kappa shape index (κ1) is 23.1. The molecule has 0 aromatic heterocycles. The van der Waals surface area contributed by atoms with E-state index in [0.717, 1.165) is 16.5 Å². The maximum atomic E-state index is 14.1. The molecule has 1 heterocycles. The van der Waals surface area contributed by atoms with E-state index in [4.69, 9.17) is 0 Å². The molecule has 0 unspecified atom stereocenters. The molecule has 0 radical (unpaired) electrons. The van der Waals surface area contributed by atoms with Crippen molar-refractivity contribution in [3.8, 4) is 0 Å². The number of anilines is 2.